The molecular weight excluding hydrogens is 376 g/mol. The number of carboxylic acids is 1. The van der Waals surface area contributed by atoms with Gasteiger partial charge in [0.1, 0.15) is 0 Å². The molecule has 0 unspecified atom stereocenters. The Morgan fingerprint density at radius 1 is 0.724 bits per heavy atom. The molecule has 0 fully saturated rings. The first-order valence-electron chi connectivity index (χ1n) is 10.8. The van der Waals surface area contributed by atoms with Crippen LogP contribution in [0.3, 0.4) is 0 Å². The molecule has 0 amide bonds. The van der Waals surface area contributed by atoms with Gasteiger partial charge >= 0.3 is 17.9 Å². The highest BCUT2D eigenvalue weighted by Gasteiger charge is 2.42. The summed E-state index contributed by atoms with van der Waals surface area (Å²) in [6, 6.07) is 0. The van der Waals surface area contributed by atoms with Gasteiger partial charge < -0.3 is 19.7 Å². The quantitative estimate of drug-likeness (QED) is 0.271. The first-order valence-corrected chi connectivity index (χ1v) is 10.8. The van der Waals surface area contributed by atoms with Crippen LogP contribution in [0, 0.1) is 11.8 Å². The Kier molecular flexibility index (Phi) is 14.4. The molecule has 0 aliphatic carbocycles. The number of esters is 2. The van der Waals surface area contributed by atoms with Crippen molar-refractivity contribution in [1.29, 1.82) is 0 Å². The summed E-state index contributed by atoms with van der Waals surface area (Å²) in [5.41, 5.74) is -2.51. The first-order chi connectivity index (χ1) is 13.6. The van der Waals surface area contributed by atoms with Crippen LogP contribution in [-0.2, 0) is 23.9 Å². The molecule has 0 aliphatic heterocycles. The lowest BCUT2D eigenvalue weighted by Gasteiger charge is -2.21. The second-order valence-electron chi connectivity index (χ2n) is 8.62. The van der Waals surface area contributed by atoms with E-state index in [0.717, 1.165) is 38.5 Å². The molecule has 7 heteroatoms. The van der Waals surface area contributed by atoms with Gasteiger partial charge in [-0.25, -0.2) is 4.79 Å². The van der Waals surface area contributed by atoms with E-state index in [2.05, 4.69) is 27.7 Å². The minimum Gasteiger partial charge on any atom is -0.479 e. The van der Waals surface area contributed by atoms with E-state index in [-0.39, 0.29) is 13.2 Å². The molecule has 0 rings (SSSR count). The van der Waals surface area contributed by atoms with Gasteiger partial charge in [0.05, 0.1) is 26.1 Å². The second kappa shape index (κ2) is 15.2. The second-order valence-corrected chi connectivity index (χ2v) is 8.62. The van der Waals surface area contributed by atoms with Gasteiger partial charge in [-0.1, -0.05) is 66.2 Å². The first kappa shape index (κ1) is 27.4. The molecule has 0 spiro atoms. The van der Waals surface area contributed by atoms with Crippen LogP contribution in [0.15, 0.2) is 0 Å². The zero-order chi connectivity index (χ0) is 22.3. The van der Waals surface area contributed by atoms with E-state index in [1.54, 1.807) is 0 Å². The lowest BCUT2D eigenvalue weighted by molar-refractivity contribution is -0.173. The fraction of sp³-hybridized carbons (Fsp3) is 0.864. The largest absolute Gasteiger partial charge is 0.479 e. The molecule has 0 aliphatic rings. The summed E-state index contributed by atoms with van der Waals surface area (Å²) in [7, 11) is 0. The number of hydrogen-bond donors (Lipinski definition) is 2. The molecule has 0 aromatic heterocycles. The Bertz CT molecular complexity index is 452. The van der Waals surface area contributed by atoms with Crippen molar-refractivity contribution in [3.05, 3.63) is 0 Å². The van der Waals surface area contributed by atoms with E-state index >= 15 is 0 Å². The fourth-order valence-electron chi connectivity index (χ4n) is 2.83. The summed E-state index contributed by atoms with van der Waals surface area (Å²) in [4.78, 5) is 35.1. The fourth-order valence-corrected chi connectivity index (χ4v) is 2.83. The zero-order valence-corrected chi connectivity index (χ0v) is 18.6. The van der Waals surface area contributed by atoms with E-state index < -0.39 is 36.4 Å². The van der Waals surface area contributed by atoms with Gasteiger partial charge in [0.2, 0.25) is 0 Å². The van der Waals surface area contributed by atoms with E-state index in [0.29, 0.717) is 24.7 Å². The zero-order valence-electron chi connectivity index (χ0n) is 18.6. The SMILES string of the molecule is CC(C)CCCCCOC(=O)CC(O)(CC(=O)OCCCCCC(C)C)C(=O)O. The maximum Gasteiger partial charge on any atom is 0.336 e. The number of rotatable bonds is 17. The van der Waals surface area contributed by atoms with Crippen LogP contribution in [0.5, 0.6) is 0 Å². The number of ether oxygens (including phenoxy) is 2. The summed E-state index contributed by atoms with van der Waals surface area (Å²) >= 11 is 0. The molecule has 0 bridgehead atoms. The number of hydrogen-bond acceptors (Lipinski definition) is 6. The van der Waals surface area contributed by atoms with E-state index in [1.165, 1.54) is 0 Å². The Labute approximate surface area is 175 Å². The van der Waals surface area contributed by atoms with Crippen LogP contribution in [0.4, 0.5) is 0 Å². The van der Waals surface area contributed by atoms with E-state index in [4.69, 9.17) is 9.47 Å². The molecule has 0 saturated heterocycles. The van der Waals surface area contributed by atoms with Crippen molar-refractivity contribution in [3.8, 4) is 0 Å². The molecule has 0 aromatic rings. The summed E-state index contributed by atoms with van der Waals surface area (Å²) in [6.07, 6.45) is 5.92. The van der Waals surface area contributed by atoms with Crippen LogP contribution in [0.1, 0.15) is 91.9 Å². The van der Waals surface area contributed by atoms with Crippen molar-refractivity contribution in [2.75, 3.05) is 13.2 Å². The van der Waals surface area contributed by atoms with Crippen molar-refractivity contribution in [2.45, 2.75) is 97.5 Å². The van der Waals surface area contributed by atoms with Crippen molar-refractivity contribution < 1.29 is 34.1 Å². The van der Waals surface area contributed by atoms with E-state index in [9.17, 15) is 24.6 Å². The Hall–Kier alpha value is -1.63. The molecule has 0 atom stereocenters. The molecule has 0 radical (unpaired) electrons. The van der Waals surface area contributed by atoms with Gasteiger partial charge in [0.15, 0.2) is 5.60 Å². The van der Waals surface area contributed by atoms with Crippen LogP contribution in [-0.4, -0.2) is 46.9 Å². The van der Waals surface area contributed by atoms with Crippen LogP contribution >= 0.6 is 0 Å². The predicted octanol–water partition coefficient (Wildman–Crippen LogP) is 4.10. The molecule has 29 heavy (non-hydrogen) atoms. The average Bonchev–Trinajstić information content (AvgIpc) is 2.60. The molecule has 0 saturated carbocycles. The van der Waals surface area contributed by atoms with Crippen LogP contribution in [0.2, 0.25) is 0 Å². The van der Waals surface area contributed by atoms with Gasteiger partial charge in [-0.05, 0) is 24.7 Å². The maximum atomic E-state index is 11.9. The van der Waals surface area contributed by atoms with Crippen molar-refractivity contribution in [2.24, 2.45) is 11.8 Å². The van der Waals surface area contributed by atoms with Crippen LogP contribution in [0.25, 0.3) is 0 Å². The average molecular weight is 417 g/mol. The monoisotopic (exact) mass is 416 g/mol. The highest BCUT2D eigenvalue weighted by molar-refractivity contribution is 5.88. The standard InChI is InChI=1S/C22H40O7/c1-17(2)11-7-5-9-13-28-19(23)15-22(27,21(25)26)16-20(24)29-14-10-6-8-12-18(3)4/h17-18,27H,5-16H2,1-4H3,(H,25,26). The third-order valence-corrected chi connectivity index (χ3v) is 4.65. The molecule has 170 valence electrons. The third kappa shape index (κ3) is 14.9. The predicted molar refractivity (Wildman–Crippen MR) is 110 cm³/mol. The lowest BCUT2D eigenvalue weighted by atomic mass is 9.96. The van der Waals surface area contributed by atoms with E-state index in [1.807, 2.05) is 0 Å². The summed E-state index contributed by atoms with van der Waals surface area (Å²) < 4.78 is 10.0. The number of aliphatic carboxylic acids is 1. The van der Waals surface area contributed by atoms with Gasteiger partial charge in [-0.2, -0.15) is 0 Å². The normalized spacial score (nSPS) is 11.7. The van der Waals surface area contributed by atoms with Gasteiger partial charge in [0.25, 0.3) is 0 Å². The lowest BCUT2D eigenvalue weighted by Crippen LogP contribution is -2.43. The molecule has 0 heterocycles. The van der Waals surface area contributed by atoms with Gasteiger partial charge in [-0.3, -0.25) is 9.59 Å². The molecule has 0 aromatic carbocycles. The third-order valence-electron chi connectivity index (χ3n) is 4.65. The number of carbonyl (C=O) groups excluding carboxylic acids is 2. The Morgan fingerprint density at radius 3 is 1.41 bits per heavy atom. The smallest absolute Gasteiger partial charge is 0.336 e. The molecule has 2 N–H and O–H groups in total. The van der Waals surface area contributed by atoms with Crippen molar-refractivity contribution in [1.82, 2.24) is 0 Å². The van der Waals surface area contributed by atoms with Gasteiger partial charge in [-0.15, -0.1) is 0 Å². The topological polar surface area (TPSA) is 110 Å². The number of carboxylic acid groups (broad SMARTS) is 1. The molecular formula is C22H40O7. The summed E-state index contributed by atoms with van der Waals surface area (Å²) in [5.74, 6) is -2.05. The minimum absolute atomic E-state index is 0.174. The minimum atomic E-state index is -2.51. The number of unbranched alkanes of at least 4 members (excludes halogenated alkanes) is 4. The maximum absolute atomic E-state index is 11.9. The number of carbonyl (C=O) groups is 3. The van der Waals surface area contributed by atoms with Crippen molar-refractivity contribution in [3.63, 3.8) is 0 Å². The highest BCUT2D eigenvalue weighted by atomic mass is 16.5. The van der Waals surface area contributed by atoms with Gasteiger partial charge in [0, 0.05) is 0 Å². The number of aliphatic hydroxyl groups is 1. The Balaban J connectivity index is 4.18. The summed E-state index contributed by atoms with van der Waals surface area (Å²) in [6.45, 7) is 8.92. The van der Waals surface area contributed by atoms with Crippen molar-refractivity contribution >= 4 is 17.9 Å². The highest BCUT2D eigenvalue weighted by Crippen LogP contribution is 2.19. The Morgan fingerprint density at radius 2 is 1.10 bits per heavy atom. The summed E-state index contributed by atoms with van der Waals surface area (Å²) in [5, 5.41) is 19.5. The van der Waals surface area contributed by atoms with Crippen LogP contribution < -0.4 is 0 Å². The molecule has 7 nitrogen and oxygen atoms in total.